The molecule has 5 rings (SSSR count). The second-order valence-electron chi connectivity index (χ2n) is 8.44. The van der Waals surface area contributed by atoms with Crippen LogP contribution >= 0.6 is 23.1 Å². The van der Waals surface area contributed by atoms with Crippen molar-refractivity contribution in [1.29, 1.82) is 0 Å². The standard InChI is InChI=1S/C23H19N7O9S2/c1-2-9-7-40-21-17(20(34)30(21)18(9)22(35)36)26-19(33)16(12-8-41-23(24)25-12)28-38-6-10-3-11(27-39-10)13-4-14(31)15(32)5-29(13)37/h2-5,8,17,21,32,37H,1,6-7H2,(H2,24,25)(H,26,33)(H,35,36)/p-1/b28-16-/t17-,21-/m1/s1. The number of amides is 2. The highest BCUT2D eigenvalue weighted by atomic mass is 32.2. The summed E-state index contributed by atoms with van der Waals surface area (Å²) in [6.45, 7) is 3.24. The number of fused-ring (bicyclic) bond motifs is 1. The largest absolute Gasteiger partial charge is 0.869 e. The van der Waals surface area contributed by atoms with Crippen LogP contribution in [0.4, 0.5) is 5.13 Å². The zero-order valence-electron chi connectivity index (χ0n) is 20.5. The Hall–Kier alpha value is -5.10. The third kappa shape index (κ3) is 5.12. The van der Waals surface area contributed by atoms with Gasteiger partial charge in [0.25, 0.3) is 11.8 Å². The smallest absolute Gasteiger partial charge is 0.352 e. The summed E-state index contributed by atoms with van der Waals surface area (Å²) >= 11 is 2.30. The first-order chi connectivity index (χ1) is 19.6. The summed E-state index contributed by atoms with van der Waals surface area (Å²) in [6.07, 6.45) is 2.06. The van der Waals surface area contributed by atoms with E-state index in [0.717, 1.165) is 22.3 Å². The van der Waals surface area contributed by atoms with Crippen molar-refractivity contribution in [3.05, 3.63) is 69.3 Å². The first-order valence-electron chi connectivity index (χ1n) is 11.4. The summed E-state index contributed by atoms with van der Waals surface area (Å²) in [6, 6.07) is 1.16. The number of oxime groups is 1. The fourth-order valence-corrected chi connectivity index (χ4v) is 5.86. The van der Waals surface area contributed by atoms with Gasteiger partial charge in [-0.05, 0) is 11.3 Å². The van der Waals surface area contributed by atoms with E-state index in [1.54, 1.807) is 0 Å². The summed E-state index contributed by atoms with van der Waals surface area (Å²) in [4.78, 5) is 59.8. The molecule has 2 aliphatic heterocycles. The molecule has 5 heterocycles. The maximum atomic E-state index is 13.2. The number of nitrogens with one attached hydrogen (secondary N) is 1. The molecule has 0 aromatic carbocycles. The van der Waals surface area contributed by atoms with Gasteiger partial charge in [-0.25, -0.2) is 9.78 Å². The molecule has 1 fully saturated rings. The number of pyridine rings is 1. The van der Waals surface area contributed by atoms with Crippen LogP contribution in [0.1, 0.15) is 11.5 Å². The predicted octanol–water partition coefficient (Wildman–Crippen LogP) is -0.302. The Kier molecular flexibility index (Phi) is 7.24. The van der Waals surface area contributed by atoms with E-state index in [1.807, 2.05) is 0 Å². The van der Waals surface area contributed by atoms with Crippen LogP contribution in [0.15, 0.2) is 62.1 Å². The zero-order chi connectivity index (χ0) is 29.4. The molecule has 3 aromatic heterocycles. The number of nitrogen functional groups attached to an aromatic ring is 1. The number of allylic oxidation sites excluding steroid dienone is 1. The second-order valence-corrected chi connectivity index (χ2v) is 10.4. The lowest BCUT2D eigenvalue weighted by atomic mass is 10.0. The number of carbonyl (C=O) groups is 3. The van der Waals surface area contributed by atoms with E-state index in [0.29, 0.717) is 16.5 Å². The molecule has 0 unspecified atom stereocenters. The van der Waals surface area contributed by atoms with Crippen molar-refractivity contribution in [1.82, 2.24) is 25.1 Å². The van der Waals surface area contributed by atoms with Crippen LogP contribution in [-0.4, -0.2) is 70.7 Å². The van der Waals surface area contributed by atoms with E-state index in [9.17, 15) is 34.6 Å². The Morgan fingerprint density at radius 2 is 2.17 bits per heavy atom. The van der Waals surface area contributed by atoms with Crippen LogP contribution in [0.3, 0.4) is 0 Å². The first-order valence-corrected chi connectivity index (χ1v) is 13.4. The summed E-state index contributed by atoms with van der Waals surface area (Å²) < 4.78 is 5.54. The number of anilines is 1. The van der Waals surface area contributed by atoms with Gasteiger partial charge in [0.2, 0.25) is 0 Å². The highest BCUT2D eigenvalue weighted by Gasteiger charge is 2.54. The quantitative estimate of drug-likeness (QED) is 0.107. The summed E-state index contributed by atoms with van der Waals surface area (Å²) in [7, 11) is 0. The lowest BCUT2D eigenvalue weighted by Crippen LogP contribution is -2.71. The van der Waals surface area contributed by atoms with Gasteiger partial charge in [0, 0.05) is 29.5 Å². The first kappa shape index (κ1) is 27.5. The van der Waals surface area contributed by atoms with Gasteiger partial charge < -0.3 is 35.8 Å². The van der Waals surface area contributed by atoms with Gasteiger partial charge in [0.1, 0.15) is 34.2 Å². The van der Waals surface area contributed by atoms with Crippen LogP contribution in [0.2, 0.25) is 0 Å². The Bertz CT molecular complexity index is 1710. The van der Waals surface area contributed by atoms with Crippen molar-refractivity contribution in [2.45, 2.75) is 18.0 Å². The molecule has 2 atom stereocenters. The SMILES string of the molecule is C=CC1=C(C(=O)O)N2C(=O)[C@@H](NC(=O)/C(=N\OCc3cc(-c4cc(=O)c([O-])cn4O)no3)c3csc(N)n3)[C@H]2SC1. The minimum Gasteiger partial charge on any atom is -0.869 e. The number of aliphatic carboxylic acids is 1. The maximum Gasteiger partial charge on any atom is 0.352 e. The van der Waals surface area contributed by atoms with Crippen molar-refractivity contribution < 1.29 is 39.2 Å². The molecular weight excluding hydrogens is 582 g/mol. The number of carboxylic acids is 1. The third-order valence-electron chi connectivity index (χ3n) is 5.89. The van der Waals surface area contributed by atoms with Crippen LogP contribution < -0.4 is 21.6 Å². The average molecular weight is 601 g/mol. The van der Waals surface area contributed by atoms with E-state index in [1.165, 1.54) is 29.3 Å². The van der Waals surface area contributed by atoms with Gasteiger partial charge in [-0.2, -0.15) is 4.73 Å². The van der Waals surface area contributed by atoms with E-state index in [4.69, 9.17) is 15.1 Å². The minimum absolute atomic E-state index is 0.0184. The minimum atomic E-state index is -1.28. The summed E-state index contributed by atoms with van der Waals surface area (Å²) in [5.74, 6) is -3.28. The second kappa shape index (κ2) is 10.8. The van der Waals surface area contributed by atoms with Crippen molar-refractivity contribution in [3.63, 3.8) is 0 Å². The number of carboxylic acid groups (broad SMARTS) is 1. The molecule has 0 radical (unpaired) electrons. The number of aromatic nitrogens is 3. The molecule has 5 N–H and O–H groups in total. The van der Waals surface area contributed by atoms with Crippen LogP contribution in [0, 0.1) is 0 Å². The van der Waals surface area contributed by atoms with Crippen LogP contribution in [0.5, 0.6) is 5.75 Å². The fraction of sp³-hybridized carbons (Fsp3) is 0.174. The third-order valence-corrected chi connectivity index (χ3v) is 7.87. The molecule has 18 heteroatoms. The van der Waals surface area contributed by atoms with E-state index < -0.39 is 40.4 Å². The molecule has 2 aliphatic rings. The normalized spacial score (nSPS) is 18.5. The number of rotatable bonds is 9. The molecule has 0 bridgehead atoms. The lowest BCUT2D eigenvalue weighted by molar-refractivity contribution is -0.271. The molecule has 0 saturated carbocycles. The predicted molar refractivity (Wildman–Crippen MR) is 141 cm³/mol. The van der Waals surface area contributed by atoms with Crippen LogP contribution in [0.25, 0.3) is 11.4 Å². The molecule has 16 nitrogen and oxygen atoms in total. The number of β-lactam (4-membered cyclic amide) rings is 1. The van der Waals surface area contributed by atoms with E-state index >= 15 is 0 Å². The monoisotopic (exact) mass is 600 g/mol. The van der Waals surface area contributed by atoms with Gasteiger partial charge in [0.05, 0.1) is 0 Å². The number of carbonyl (C=O) groups excluding carboxylic acids is 2. The Balaban J connectivity index is 1.31. The number of hydrogen-bond donors (Lipinski definition) is 4. The molecule has 0 aliphatic carbocycles. The topological polar surface area (TPSA) is 239 Å². The Labute approximate surface area is 237 Å². The summed E-state index contributed by atoms with van der Waals surface area (Å²) in [5.41, 5.74) is 4.71. The maximum absolute atomic E-state index is 13.2. The van der Waals surface area contributed by atoms with E-state index in [2.05, 4.69) is 27.2 Å². The van der Waals surface area contributed by atoms with Crippen molar-refractivity contribution in [2.75, 3.05) is 11.5 Å². The van der Waals surface area contributed by atoms with Gasteiger partial charge >= 0.3 is 5.97 Å². The van der Waals surface area contributed by atoms with Gasteiger partial charge in [0.15, 0.2) is 28.6 Å². The fourth-order valence-electron chi connectivity index (χ4n) is 3.97. The van der Waals surface area contributed by atoms with Crippen molar-refractivity contribution >= 4 is 51.7 Å². The number of thioether (sulfide) groups is 1. The van der Waals surface area contributed by atoms with Crippen molar-refractivity contribution in [2.24, 2.45) is 5.16 Å². The molecular formula is C23H18N7O9S2-. The number of thiazole rings is 1. The Morgan fingerprint density at radius 3 is 2.85 bits per heavy atom. The average Bonchev–Trinajstić information content (AvgIpc) is 3.59. The molecule has 1 saturated heterocycles. The lowest BCUT2D eigenvalue weighted by Gasteiger charge is -2.49. The highest BCUT2D eigenvalue weighted by molar-refractivity contribution is 8.00. The van der Waals surface area contributed by atoms with Crippen LogP contribution in [-0.2, 0) is 25.8 Å². The van der Waals surface area contributed by atoms with Gasteiger partial charge in [-0.1, -0.05) is 23.0 Å². The number of nitrogens with two attached hydrogens (primary N) is 1. The molecule has 41 heavy (non-hydrogen) atoms. The van der Waals surface area contributed by atoms with Gasteiger partial charge in [-0.15, -0.1) is 23.1 Å². The zero-order valence-corrected chi connectivity index (χ0v) is 22.2. The molecule has 2 amide bonds. The Morgan fingerprint density at radius 1 is 1.39 bits per heavy atom. The number of nitrogens with zero attached hydrogens (tertiary/aromatic N) is 5. The highest BCUT2D eigenvalue weighted by Crippen LogP contribution is 2.40. The molecule has 212 valence electrons. The van der Waals surface area contributed by atoms with Gasteiger partial charge in [-0.3, -0.25) is 19.3 Å². The molecule has 0 spiro atoms. The van der Waals surface area contributed by atoms with Crippen molar-refractivity contribution in [3.8, 4) is 17.1 Å². The number of hydrogen-bond acceptors (Lipinski definition) is 14. The summed E-state index contributed by atoms with van der Waals surface area (Å²) in [5, 5.41) is 41.9. The molecule has 3 aromatic rings. The van der Waals surface area contributed by atoms with E-state index in [-0.39, 0.29) is 51.7 Å².